The molecule has 5 heteroatoms. The van der Waals surface area contributed by atoms with E-state index in [4.69, 9.17) is 0 Å². The van der Waals surface area contributed by atoms with E-state index in [1.807, 2.05) is 12.1 Å². The van der Waals surface area contributed by atoms with E-state index in [9.17, 15) is 4.79 Å². The fourth-order valence-corrected chi connectivity index (χ4v) is 2.89. The van der Waals surface area contributed by atoms with Crippen molar-refractivity contribution in [1.29, 1.82) is 0 Å². The quantitative estimate of drug-likeness (QED) is 0.915. The molecule has 0 unspecified atom stereocenters. The molecule has 1 amide bonds. The average Bonchev–Trinajstić information content (AvgIpc) is 3.19. The molecule has 3 rings (SSSR count). The minimum Gasteiger partial charge on any atom is -0.352 e. The van der Waals surface area contributed by atoms with Gasteiger partial charge in [-0.25, -0.2) is 9.67 Å². The van der Waals surface area contributed by atoms with Gasteiger partial charge in [-0.2, -0.15) is 5.10 Å². The second-order valence-electron chi connectivity index (χ2n) is 5.56. The first-order chi connectivity index (χ1) is 10.3. The number of carbonyl (C=O) groups is 1. The minimum absolute atomic E-state index is 0.197. The van der Waals surface area contributed by atoms with E-state index in [2.05, 4.69) is 27.5 Å². The van der Waals surface area contributed by atoms with Crippen molar-refractivity contribution in [3.05, 3.63) is 48.0 Å². The van der Waals surface area contributed by atoms with E-state index in [0.717, 1.165) is 24.0 Å². The second-order valence-corrected chi connectivity index (χ2v) is 5.56. The normalized spacial score (nSPS) is 15.2. The Balaban J connectivity index is 1.63. The Morgan fingerprint density at radius 1 is 1.24 bits per heavy atom. The van der Waals surface area contributed by atoms with Gasteiger partial charge in [-0.3, -0.25) is 4.79 Å². The lowest BCUT2D eigenvalue weighted by Gasteiger charge is -2.13. The van der Waals surface area contributed by atoms with Crippen molar-refractivity contribution in [1.82, 2.24) is 20.1 Å². The molecule has 0 bridgehead atoms. The Hall–Kier alpha value is -2.17. The van der Waals surface area contributed by atoms with E-state index < -0.39 is 0 Å². The van der Waals surface area contributed by atoms with Crippen LogP contribution in [-0.2, 0) is 17.9 Å². The van der Waals surface area contributed by atoms with Crippen molar-refractivity contribution in [3.63, 3.8) is 0 Å². The van der Waals surface area contributed by atoms with Crippen LogP contribution in [0.25, 0.3) is 0 Å². The Bertz CT molecular complexity index is 588. The zero-order valence-corrected chi connectivity index (χ0v) is 12.0. The van der Waals surface area contributed by atoms with Gasteiger partial charge in [0.15, 0.2) is 0 Å². The number of hydrogen-bond acceptors (Lipinski definition) is 3. The van der Waals surface area contributed by atoms with Gasteiger partial charge in [-0.05, 0) is 24.0 Å². The summed E-state index contributed by atoms with van der Waals surface area (Å²) in [6, 6.07) is 8.14. The highest BCUT2D eigenvalue weighted by molar-refractivity contribution is 5.78. The monoisotopic (exact) mass is 284 g/mol. The molecule has 0 atom stereocenters. The second kappa shape index (κ2) is 6.52. The van der Waals surface area contributed by atoms with Gasteiger partial charge < -0.3 is 5.32 Å². The first kappa shape index (κ1) is 13.8. The van der Waals surface area contributed by atoms with Crippen molar-refractivity contribution in [2.45, 2.75) is 38.8 Å². The van der Waals surface area contributed by atoms with Crippen molar-refractivity contribution < 1.29 is 4.79 Å². The van der Waals surface area contributed by atoms with Gasteiger partial charge in [0.2, 0.25) is 5.91 Å². The van der Waals surface area contributed by atoms with Gasteiger partial charge in [-0.1, -0.05) is 37.1 Å². The molecule has 1 aliphatic rings. The number of carbonyl (C=O) groups excluding carboxylic acids is 1. The van der Waals surface area contributed by atoms with E-state index in [1.54, 1.807) is 11.0 Å². The fourth-order valence-electron chi connectivity index (χ4n) is 2.89. The van der Waals surface area contributed by atoms with Gasteiger partial charge in [0.05, 0.1) is 6.54 Å². The Kier molecular flexibility index (Phi) is 4.28. The lowest BCUT2D eigenvalue weighted by molar-refractivity contribution is -0.124. The minimum atomic E-state index is 0.197. The molecule has 1 aromatic carbocycles. The zero-order chi connectivity index (χ0) is 14.5. The Labute approximate surface area is 124 Å². The summed E-state index contributed by atoms with van der Waals surface area (Å²) in [5.74, 6) is 0.413. The van der Waals surface area contributed by atoms with Crippen LogP contribution in [0.4, 0.5) is 0 Å². The Morgan fingerprint density at radius 3 is 2.71 bits per heavy atom. The van der Waals surface area contributed by atoms with Gasteiger partial charge in [0, 0.05) is 12.5 Å². The number of nitrogens with zero attached hydrogens (tertiary/aromatic N) is 3. The van der Waals surface area contributed by atoms with Crippen LogP contribution in [0.5, 0.6) is 0 Å². The lowest BCUT2D eigenvalue weighted by Crippen LogP contribution is -2.29. The molecule has 1 fully saturated rings. The molecule has 5 nitrogen and oxygen atoms in total. The summed E-state index contributed by atoms with van der Waals surface area (Å²) in [5, 5.41) is 7.21. The Morgan fingerprint density at radius 2 is 2.00 bits per heavy atom. The van der Waals surface area contributed by atoms with Crippen LogP contribution < -0.4 is 5.32 Å². The smallest absolute Gasteiger partial charge is 0.223 e. The van der Waals surface area contributed by atoms with Crippen LogP contribution >= 0.6 is 0 Å². The number of hydrogen-bond donors (Lipinski definition) is 1. The molecule has 1 heterocycles. The molecule has 1 aliphatic carbocycles. The summed E-state index contributed by atoms with van der Waals surface area (Å²) in [7, 11) is 0. The molecule has 0 spiro atoms. The highest BCUT2D eigenvalue weighted by Crippen LogP contribution is 2.24. The van der Waals surface area contributed by atoms with Gasteiger partial charge in [0.1, 0.15) is 12.7 Å². The summed E-state index contributed by atoms with van der Waals surface area (Å²) in [5.41, 5.74) is 2.30. The molecule has 110 valence electrons. The van der Waals surface area contributed by atoms with Crippen LogP contribution in [0.3, 0.4) is 0 Å². The predicted octanol–water partition coefficient (Wildman–Crippen LogP) is 2.13. The third kappa shape index (κ3) is 3.48. The maximum absolute atomic E-state index is 12.1. The maximum atomic E-state index is 12.1. The first-order valence-corrected chi connectivity index (χ1v) is 7.50. The molecular weight excluding hydrogens is 264 g/mol. The molecule has 1 N–H and O–H groups in total. The highest BCUT2D eigenvalue weighted by Gasteiger charge is 2.22. The molecule has 1 saturated carbocycles. The summed E-state index contributed by atoms with van der Waals surface area (Å²) in [4.78, 5) is 16.1. The van der Waals surface area contributed by atoms with Crippen LogP contribution in [-0.4, -0.2) is 20.7 Å². The molecule has 0 radical (unpaired) electrons. The fraction of sp³-hybridized carbons (Fsp3) is 0.438. The van der Waals surface area contributed by atoms with E-state index in [1.165, 1.54) is 19.2 Å². The van der Waals surface area contributed by atoms with Crippen LogP contribution in [0.1, 0.15) is 36.8 Å². The first-order valence-electron chi connectivity index (χ1n) is 7.50. The van der Waals surface area contributed by atoms with Gasteiger partial charge in [0.25, 0.3) is 0 Å². The highest BCUT2D eigenvalue weighted by atomic mass is 16.1. The largest absolute Gasteiger partial charge is 0.352 e. The van der Waals surface area contributed by atoms with E-state index in [-0.39, 0.29) is 11.8 Å². The third-order valence-electron chi connectivity index (χ3n) is 4.10. The number of amides is 1. The zero-order valence-electron chi connectivity index (χ0n) is 12.0. The van der Waals surface area contributed by atoms with Crippen molar-refractivity contribution in [3.8, 4) is 0 Å². The van der Waals surface area contributed by atoms with Crippen molar-refractivity contribution in [2.75, 3.05) is 0 Å². The molecule has 21 heavy (non-hydrogen) atoms. The average molecular weight is 284 g/mol. The molecule has 1 aromatic heterocycles. The number of rotatable bonds is 5. The number of nitrogens with one attached hydrogen (secondary N) is 1. The molecule has 2 aromatic rings. The summed E-state index contributed by atoms with van der Waals surface area (Å²) >= 11 is 0. The van der Waals surface area contributed by atoms with Crippen LogP contribution in [0.2, 0.25) is 0 Å². The number of benzene rings is 1. The van der Waals surface area contributed by atoms with E-state index in [0.29, 0.717) is 13.1 Å². The summed E-state index contributed by atoms with van der Waals surface area (Å²) < 4.78 is 1.79. The van der Waals surface area contributed by atoms with Crippen LogP contribution in [0.15, 0.2) is 36.9 Å². The summed E-state index contributed by atoms with van der Waals surface area (Å²) in [6.45, 7) is 1.26. The SMILES string of the molecule is O=C(NCc1ccccc1Cn1cncn1)C1CCCC1. The van der Waals surface area contributed by atoms with E-state index >= 15 is 0 Å². The topological polar surface area (TPSA) is 59.8 Å². The van der Waals surface area contributed by atoms with Crippen molar-refractivity contribution in [2.24, 2.45) is 5.92 Å². The van der Waals surface area contributed by atoms with Gasteiger partial charge >= 0.3 is 0 Å². The predicted molar refractivity (Wildman–Crippen MR) is 79.4 cm³/mol. The van der Waals surface area contributed by atoms with Gasteiger partial charge in [-0.15, -0.1) is 0 Å². The maximum Gasteiger partial charge on any atom is 0.223 e. The molecule has 0 saturated heterocycles. The molecular formula is C16H20N4O. The third-order valence-corrected chi connectivity index (χ3v) is 4.10. The number of aromatic nitrogens is 3. The standard InChI is InChI=1S/C16H20N4O/c21-16(13-5-1-2-6-13)18-9-14-7-3-4-8-15(14)10-20-12-17-11-19-20/h3-4,7-8,11-13H,1-2,5-6,9-10H2,(H,18,21). The molecule has 0 aliphatic heterocycles. The summed E-state index contributed by atoms with van der Waals surface area (Å²) in [6.07, 6.45) is 7.67. The lowest BCUT2D eigenvalue weighted by atomic mass is 10.1. The van der Waals surface area contributed by atoms with Crippen LogP contribution in [0, 0.1) is 5.92 Å². The van der Waals surface area contributed by atoms with Crippen molar-refractivity contribution >= 4 is 5.91 Å².